The molecule has 0 spiro atoms. The first-order chi connectivity index (χ1) is 7.50. The van der Waals surface area contributed by atoms with Crippen molar-refractivity contribution in [3.8, 4) is 17.6 Å². The molecule has 16 heavy (non-hydrogen) atoms. The van der Waals surface area contributed by atoms with Crippen molar-refractivity contribution < 1.29 is 14.7 Å². The number of amides is 1. The van der Waals surface area contributed by atoms with E-state index in [2.05, 4.69) is 11.8 Å². The van der Waals surface area contributed by atoms with Crippen molar-refractivity contribution in [1.29, 1.82) is 0 Å². The van der Waals surface area contributed by atoms with Crippen LogP contribution in [-0.2, 0) is 4.79 Å². The number of hydrogen-bond donors (Lipinski definition) is 2. The van der Waals surface area contributed by atoms with Gasteiger partial charge in [-0.15, -0.1) is 0 Å². The first-order valence-corrected chi connectivity index (χ1v) is 4.62. The van der Waals surface area contributed by atoms with Crippen molar-refractivity contribution in [1.82, 2.24) is 0 Å². The SMILES string of the molecule is CC(=O)c1ccc(C#CCC(N)=O)cc1O. The molecule has 3 N–H and O–H groups in total. The Morgan fingerprint density at radius 2 is 2.12 bits per heavy atom. The summed E-state index contributed by atoms with van der Waals surface area (Å²) in [5.74, 6) is 4.39. The zero-order valence-electron chi connectivity index (χ0n) is 8.78. The summed E-state index contributed by atoms with van der Waals surface area (Å²) in [7, 11) is 0. The van der Waals surface area contributed by atoms with E-state index in [1.807, 2.05) is 0 Å². The number of Topliss-reactive ketones (excluding diaryl/α,β-unsaturated/α-hetero) is 1. The predicted octanol–water partition coefficient (Wildman–Crippen LogP) is 0.822. The Balaban J connectivity index is 2.92. The minimum Gasteiger partial charge on any atom is -0.507 e. The van der Waals surface area contributed by atoms with Crippen LogP contribution in [0.2, 0.25) is 0 Å². The second kappa shape index (κ2) is 4.99. The van der Waals surface area contributed by atoms with Crippen molar-refractivity contribution in [3.05, 3.63) is 29.3 Å². The standard InChI is InChI=1S/C12H11NO3/c1-8(14)10-6-5-9(7-11(10)15)3-2-4-12(13)16/h5-7,15H,4H2,1H3,(H2,13,16). The second-order valence-electron chi connectivity index (χ2n) is 3.23. The molecule has 1 aromatic rings. The normalized spacial score (nSPS) is 9.06. The summed E-state index contributed by atoms with van der Waals surface area (Å²) in [6, 6.07) is 4.47. The summed E-state index contributed by atoms with van der Waals surface area (Å²) < 4.78 is 0. The topological polar surface area (TPSA) is 80.4 Å². The summed E-state index contributed by atoms with van der Waals surface area (Å²) >= 11 is 0. The third-order valence-electron chi connectivity index (χ3n) is 1.87. The van der Waals surface area contributed by atoms with E-state index >= 15 is 0 Å². The number of nitrogens with two attached hydrogens (primary N) is 1. The van der Waals surface area contributed by atoms with E-state index in [1.165, 1.54) is 19.1 Å². The Labute approximate surface area is 93.1 Å². The van der Waals surface area contributed by atoms with Crippen LogP contribution in [0.25, 0.3) is 0 Å². The molecule has 4 heteroatoms. The maximum absolute atomic E-state index is 11.0. The number of carbonyl (C=O) groups excluding carboxylic acids is 2. The Bertz CT molecular complexity index is 495. The lowest BCUT2D eigenvalue weighted by molar-refractivity contribution is -0.117. The van der Waals surface area contributed by atoms with E-state index in [0.29, 0.717) is 5.56 Å². The van der Waals surface area contributed by atoms with Gasteiger partial charge in [0.1, 0.15) is 5.75 Å². The van der Waals surface area contributed by atoms with Crippen LogP contribution in [-0.4, -0.2) is 16.8 Å². The fourth-order valence-electron chi connectivity index (χ4n) is 1.14. The summed E-state index contributed by atoms with van der Waals surface area (Å²) in [5, 5.41) is 9.49. The van der Waals surface area contributed by atoms with Gasteiger partial charge in [-0.2, -0.15) is 0 Å². The number of ketones is 1. The number of phenols is 1. The average molecular weight is 217 g/mol. The van der Waals surface area contributed by atoms with Gasteiger partial charge in [-0.05, 0) is 25.1 Å². The molecule has 1 aromatic carbocycles. The van der Waals surface area contributed by atoms with Crippen LogP contribution < -0.4 is 5.73 Å². The second-order valence-corrected chi connectivity index (χ2v) is 3.23. The van der Waals surface area contributed by atoms with Crippen LogP contribution in [0.15, 0.2) is 18.2 Å². The number of primary amides is 1. The minimum atomic E-state index is -0.503. The number of phenolic OH excluding ortho intramolecular Hbond substituents is 1. The molecule has 1 amide bonds. The fraction of sp³-hybridized carbons (Fsp3) is 0.167. The summed E-state index contributed by atoms with van der Waals surface area (Å²) in [6.07, 6.45) is -0.0325. The Hall–Kier alpha value is -2.28. The van der Waals surface area contributed by atoms with Gasteiger partial charge >= 0.3 is 0 Å². The van der Waals surface area contributed by atoms with Gasteiger partial charge in [-0.25, -0.2) is 0 Å². The quantitative estimate of drug-likeness (QED) is 0.568. The van der Waals surface area contributed by atoms with Crippen LogP contribution >= 0.6 is 0 Å². The summed E-state index contributed by atoms with van der Waals surface area (Å²) in [5.41, 5.74) is 5.70. The van der Waals surface area contributed by atoms with Crippen molar-refractivity contribution in [2.75, 3.05) is 0 Å². The van der Waals surface area contributed by atoms with E-state index in [-0.39, 0.29) is 23.5 Å². The van der Waals surface area contributed by atoms with Gasteiger partial charge in [-0.3, -0.25) is 9.59 Å². The zero-order valence-corrected chi connectivity index (χ0v) is 8.78. The lowest BCUT2D eigenvalue weighted by atomic mass is 10.1. The van der Waals surface area contributed by atoms with Crippen LogP contribution in [0.3, 0.4) is 0 Å². The zero-order chi connectivity index (χ0) is 12.1. The number of carbonyl (C=O) groups is 2. The molecule has 0 aliphatic carbocycles. The molecule has 82 valence electrons. The molecular weight excluding hydrogens is 206 g/mol. The highest BCUT2D eigenvalue weighted by Crippen LogP contribution is 2.18. The van der Waals surface area contributed by atoms with Crippen molar-refractivity contribution in [2.45, 2.75) is 13.3 Å². The highest BCUT2D eigenvalue weighted by Gasteiger charge is 2.05. The largest absolute Gasteiger partial charge is 0.507 e. The molecule has 0 aliphatic heterocycles. The fourth-order valence-corrected chi connectivity index (χ4v) is 1.14. The maximum atomic E-state index is 11.0. The van der Waals surface area contributed by atoms with Gasteiger partial charge in [0.05, 0.1) is 12.0 Å². The average Bonchev–Trinajstić information content (AvgIpc) is 2.16. The number of rotatable bonds is 2. The van der Waals surface area contributed by atoms with Crippen LogP contribution in [0.4, 0.5) is 0 Å². The molecule has 0 atom stereocenters. The Morgan fingerprint density at radius 3 is 2.62 bits per heavy atom. The molecule has 0 aliphatic rings. The molecular formula is C12H11NO3. The van der Waals surface area contributed by atoms with E-state index in [4.69, 9.17) is 5.73 Å². The van der Waals surface area contributed by atoms with Crippen LogP contribution in [0, 0.1) is 11.8 Å². The van der Waals surface area contributed by atoms with Gasteiger partial charge in [0.25, 0.3) is 0 Å². The molecule has 1 rings (SSSR count). The molecule has 0 radical (unpaired) electrons. The number of aromatic hydroxyl groups is 1. The van der Waals surface area contributed by atoms with Crippen molar-refractivity contribution in [3.63, 3.8) is 0 Å². The lowest BCUT2D eigenvalue weighted by Gasteiger charge is -1.99. The highest BCUT2D eigenvalue weighted by atomic mass is 16.3. The lowest BCUT2D eigenvalue weighted by Crippen LogP contribution is -2.08. The summed E-state index contributed by atoms with van der Waals surface area (Å²) in [6.45, 7) is 1.37. The smallest absolute Gasteiger partial charge is 0.229 e. The molecule has 0 fully saturated rings. The van der Waals surface area contributed by atoms with Crippen LogP contribution in [0.5, 0.6) is 5.75 Å². The van der Waals surface area contributed by atoms with E-state index in [0.717, 1.165) is 0 Å². The first kappa shape index (κ1) is 11.8. The Morgan fingerprint density at radius 1 is 1.44 bits per heavy atom. The summed E-state index contributed by atoms with van der Waals surface area (Å²) in [4.78, 5) is 21.4. The molecule has 4 nitrogen and oxygen atoms in total. The maximum Gasteiger partial charge on any atom is 0.229 e. The van der Waals surface area contributed by atoms with E-state index < -0.39 is 5.91 Å². The molecule has 0 saturated heterocycles. The first-order valence-electron chi connectivity index (χ1n) is 4.62. The third kappa shape index (κ3) is 3.14. The molecule has 0 aromatic heterocycles. The Kier molecular flexibility index (Phi) is 3.67. The van der Waals surface area contributed by atoms with Crippen LogP contribution in [0.1, 0.15) is 29.3 Å². The molecule has 0 saturated carbocycles. The van der Waals surface area contributed by atoms with Gasteiger partial charge in [0, 0.05) is 5.56 Å². The van der Waals surface area contributed by atoms with Gasteiger partial charge in [0.15, 0.2) is 5.78 Å². The molecule has 0 bridgehead atoms. The van der Waals surface area contributed by atoms with Gasteiger partial charge < -0.3 is 10.8 Å². The van der Waals surface area contributed by atoms with Gasteiger partial charge in [0.2, 0.25) is 5.91 Å². The monoisotopic (exact) mass is 217 g/mol. The molecule has 0 heterocycles. The predicted molar refractivity (Wildman–Crippen MR) is 58.8 cm³/mol. The molecule has 0 unspecified atom stereocenters. The van der Waals surface area contributed by atoms with Gasteiger partial charge in [-0.1, -0.05) is 11.8 Å². The minimum absolute atomic E-state index is 0.0325. The van der Waals surface area contributed by atoms with E-state index in [9.17, 15) is 14.7 Å². The highest BCUT2D eigenvalue weighted by molar-refractivity contribution is 5.96. The van der Waals surface area contributed by atoms with E-state index in [1.54, 1.807) is 6.07 Å². The van der Waals surface area contributed by atoms with Crippen molar-refractivity contribution in [2.24, 2.45) is 5.73 Å². The third-order valence-corrected chi connectivity index (χ3v) is 1.87. The van der Waals surface area contributed by atoms with Crippen molar-refractivity contribution >= 4 is 11.7 Å². The number of benzene rings is 1. The number of hydrogen-bond acceptors (Lipinski definition) is 3.